The molecule has 0 spiro atoms. The number of benzene rings is 4. The lowest BCUT2D eigenvalue weighted by atomic mass is 9.90. The standard InChI is InChI=1S/C36H31ClN2O6S/c1-5-44-35(41)31-21(2)38-36-39(33(31)32-25-12-8-6-10-23(25)15-17-28(32)42-3)34(40)30(46-36)19-22-14-16-27(29(18-22)43-4)45-20-24-11-7-9-13-26(24)37/h6-19,33H,5,20H2,1-4H3/b30-19+. The molecule has 0 saturated heterocycles. The maximum absolute atomic E-state index is 14.3. The van der Waals surface area contributed by atoms with Crippen molar-refractivity contribution in [1.82, 2.24) is 4.57 Å². The Labute approximate surface area is 274 Å². The van der Waals surface area contributed by atoms with Crippen LogP contribution in [0.15, 0.2) is 99.9 Å². The minimum absolute atomic E-state index is 0.180. The second-order valence-corrected chi connectivity index (χ2v) is 11.9. The van der Waals surface area contributed by atoms with Gasteiger partial charge in [-0.3, -0.25) is 9.36 Å². The Bertz CT molecular complexity index is 2190. The van der Waals surface area contributed by atoms with E-state index in [9.17, 15) is 9.59 Å². The third-order valence-electron chi connectivity index (χ3n) is 7.77. The van der Waals surface area contributed by atoms with Gasteiger partial charge in [-0.2, -0.15) is 0 Å². The molecule has 2 heterocycles. The van der Waals surface area contributed by atoms with E-state index in [1.807, 2.05) is 66.7 Å². The summed E-state index contributed by atoms with van der Waals surface area (Å²) in [6.07, 6.45) is 1.78. The Morgan fingerprint density at radius 2 is 1.72 bits per heavy atom. The second kappa shape index (κ2) is 13.2. The fraction of sp³-hybridized carbons (Fsp3) is 0.194. The fourth-order valence-corrected chi connectivity index (χ4v) is 6.85. The van der Waals surface area contributed by atoms with Crippen LogP contribution in [-0.4, -0.2) is 31.4 Å². The molecule has 1 unspecified atom stereocenters. The van der Waals surface area contributed by atoms with Crippen LogP contribution in [0.2, 0.25) is 5.02 Å². The summed E-state index contributed by atoms with van der Waals surface area (Å²) in [5.74, 6) is 1.06. The van der Waals surface area contributed by atoms with Gasteiger partial charge < -0.3 is 18.9 Å². The number of hydrogen-bond donors (Lipinski definition) is 0. The van der Waals surface area contributed by atoms with E-state index in [4.69, 9.17) is 35.5 Å². The highest BCUT2D eigenvalue weighted by Gasteiger charge is 2.36. The number of nitrogens with zero attached hydrogens (tertiary/aromatic N) is 2. The number of thiazole rings is 1. The zero-order valence-corrected chi connectivity index (χ0v) is 27.3. The van der Waals surface area contributed by atoms with Gasteiger partial charge in [-0.25, -0.2) is 9.79 Å². The zero-order chi connectivity index (χ0) is 32.4. The Kier molecular flexibility index (Phi) is 8.96. The summed E-state index contributed by atoms with van der Waals surface area (Å²) in [6.45, 7) is 3.96. The number of aromatic nitrogens is 1. The highest BCUT2D eigenvalue weighted by atomic mass is 35.5. The smallest absolute Gasteiger partial charge is 0.338 e. The summed E-state index contributed by atoms with van der Waals surface area (Å²) in [5, 5.41) is 2.42. The van der Waals surface area contributed by atoms with E-state index >= 15 is 0 Å². The largest absolute Gasteiger partial charge is 0.496 e. The molecule has 1 aliphatic heterocycles. The van der Waals surface area contributed by atoms with E-state index in [0.717, 1.165) is 21.9 Å². The van der Waals surface area contributed by atoms with E-state index in [-0.39, 0.29) is 24.3 Å². The molecule has 46 heavy (non-hydrogen) atoms. The molecule has 10 heteroatoms. The molecule has 0 saturated carbocycles. The van der Waals surface area contributed by atoms with Gasteiger partial charge in [-0.15, -0.1) is 0 Å². The van der Waals surface area contributed by atoms with Crippen molar-refractivity contribution in [2.75, 3.05) is 20.8 Å². The maximum atomic E-state index is 14.3. The van der Waals surface area contributed by atoms with E-state index in [1.165, 1.54) is 11.3 Å². The summed E-state index contributed by atoms with van der Waals surface area (Å²) >= 11 is 7.54. The van der Waals surface area contributed by atoms with Crippen molar-refractivity contribution in [3.05, 3.63) is 132 Å². The first-order chi connectivity index (χ1) is 22.3. The van der Waals surface area contributed by atoms with Crippen molar-refractivity contribution in [2.24, 2.45) is 4.99 Å². The SMILES string of the molecule is CCOC(=O)C1=C(C)N=c2s/c(=C/c3ccc(OCc4ccccc4Cl)c(OC)c3)c(=O)n2C1c1c(OC)ccc2ccccc12. The third kappa shape index (κ3) is 5.79. The topological polar surface area (TPSA) is 88.4 Å². The quantitative estimate of drug-likeness (QED) is 0.176. The number of rotatable bonds is 9. The van der Waals surface area contributed by atoms with Crippen LogP contribution in [0.3, 0.4) is 0 Å². The number of esters is 1. The first-order valence-electron chi connectivity index (χ1n) is 14.6. The summed E-state index contributed by atoms with van der Waals surface area (Å²) in [4.78, 5) is 32.9. The number of fused-ring (bicyclic) bond motifs is 2. The fourth-order valence-electron chi connectivity index (χ4n) is 5.62. The van der Waals surface area contributed by atoms with Crippen molar-refractivity contribution in [3.8, 4) is 17.2 Å². The lowest BCUT2D eigenvalue weighted by Crippen LogP contribution is -2.40. The van der Waals surface area contributed by atoms with Gasteiger partial charge in [0.2, 0.25) is 0 Å². The normalized spacial score (nSPS) is 14.5. The molecule has 0 radical (unpaired) electrons. The predicted octanol–water partition coefficient (Wildman–Crippen LogP) is 6.20. The van der Waals surface area contributed by atoms with Crippen LogP contribution in [0.5, 0.6) is 17.2 Å². The van der Waals surface area contributed by atoms with E-state index in [1.54, 1.807) is 50.8 Å². The van der Waals surface area contributed by atoms with Gasteiger partial charge in [-0.1, -0.05) is 77.5 Å². The van der Waals surface area contributed by atoms with Crippen LogP contribution in [0.1, 0.15) is 36.6 Å². The Balaban J connectivity index is 1.48. The van der Waals surface area contributed by atoms with E-state index in [0.29, 0.717) is 42.9 Å². The van der Waals surface area contributed by atoms with Gasteiger partial charge in [-0.05, 0) is 60.5 Å². The first-order valence-corrected chi connectivity index (χ1v) is 15.8. The summed E-state index contributed by atoms with van der Waals surface area (Å²) in [7, 11) is 3.14. The van der Waals surface area contributed by atoms with Gasteiger partial charge in [0.05, 0.1) is 36.6 Å². The average molecular weight is 655 g/mol. The van der Waals surface area contributed by atoms with Crippen LogP contribution < -0.4 is 29.1 Å². The monoisotopic (exact) mass is 654 g/mol. The number of carbonyl (C=O) groups is 1. The molecule has 4 aromatic carbocycles. The van der Waals surface area contributed by atoms with Crippen molar-refractivity contribution < 1.29 is 23.7 Å². The molecular weight excluding hydrogens is 624 g/mol. The molecule has 234 valence electrons. The molecule has 1 atom stereocenters. The first kappa shape index (κ1) is 31.1. The molecule has 0 fully saturated rings. The van der Waals surface area contributed by atoms with Crippen LogP contribution in [-0.2, 0) is 16.1 Å². The lowest BCUT2D eigenvalue weighted by Gasteiger charge is -2.27. The highest BCUT2D eigenvalue weighted by Crippen LogP contribution is 2.40. The average Bonchev–Trinajstić information content (AvgIpc) is 3.37. The molecule has 1 aliphatic rings. The molecule has 5 aromatic rings. The van der Waals surface area contributed by atoms with Crippen LogP contribution in [0.4, 0.5) is 0 Å². The third-order valence-corrected chi connectivity index (χ3v) is 9.12. The summed E-state index contributed by atoms with van der Waals surface area (Å²) in [6, 6.07) is 23.7. The second-order valence-electron chi connectivity index (χ2n) is 10.5. The van der Waals surface area contributed by atoms with Gasteiger partial charge in [0.15, 0.2) is 16.3 Å². The Morgan fingerprint density at radius 3 is 2.48 bits per heavy atom. The molecule has 6 rings (SSSR count). The van der Waals surface area contributed by atoms with Gasteiger partial charge in [0, 0.05) is 16.1 Å². The van der Waals surface area contributed by atoms with Gasteiger partial charge in [0.25, 0.3) is 5.56 Å². The number of carbonyl (C=O) groups excluding carboxylic acids is 1. The molecule has 0 N–H and O–H groups in total. The van der Waals surface area contributed by atoms with Crippen molar-refractivity contribution >= 4 is 45.8 Å². The minimum atomic E-state index is -0.825. The van der Waals surface area contributed by atoms with E-state index in [2.05, 4.69) is 0 Å². The number of hydrogen-bond acceptors (Lipinski definition) is 8. The van der Waals surface area contributed by atoms with Crippen molar-refractivity contribution in [1.29, 1.82) is 0 Å². The number of ether oxygens (including phenoxy) is 4. The predicted molar refractivity (Wildman–Crippen MR) is 180 cm³/mol. The Morgan fingerprint density at radius 1 is 0.978 bits per heavy atom. The zero-order valence-electron chi connectivity index (χ0n) is 25.7. The van der Waals surface area contributed by atoms with Crippen molar-refractivity contribution in [3.63, 3.8) is 0 Å². The molecule has 0 aliphatic carbocycles. The van der Waals surface area contributed by atoms with Gasteiger partial charge >= 0.3 is 5.97 Å². The number of halogens is 1. The van der Waals surface area contributed by atoms with Crippen LogP contribution >= 0.6 is 22.9 Å². The minimum Gasteiger partial charge on any atom is -0.496 e. The lowest BCUT2D eigenvalue weighted by molar-refractivity contribution is -0.139. The molecule has 0 amide bonds. The van der Waals surface area contributed by atoms with Gasteiger partial charge in [0.1, 0.15) is 18.4 Å². The maximum Gasteiger partial charge on any atom is 0.338 e. The van der Waals surface area contributed by atoms with Crippen LogP contribution in [0, 0.1) is 0 Å². The number of methoxy groups -OCH3 is 2. The van der Waals surface area contributed by atoms with E-state index < -0.39 is 12.0 Å². The molecule has 1 aromatic heterocycles. The van der Waals surface area contributed by atoms with Crippen LogP contribution in [0.25, 0.3) is 16.8 Å². The number of allylic oxidation sites excluding steroid dienone is 1. The Hall–Kier alpha value is -4.86. The molecule has 0 bridgehead atoms. The summed E-state index contributed by atoms with van der Waals surface area (Å²) < 4.78 is 25.0. The highest BCUT2D eigenvalue weighted by molar-refractivity contribution is 7.07. The van der Waals surface area contributed by atoms with Crippen molar-refractivity contribution in [2.45, 2.75) is 26.5 Å². The summed E-state index contributed by atoms with van der Waals surface area (Å²) in [5.41, 5.74) is 2.74. The molecular formula is C36H31ClN2O6S. The molecule has 8 nitrogen and oxygen atoms in total.